The van der Waals surface area contributed by atoms with Crippen molar-refractivity contribution in [3.05, 3.63) is 64.6 Å². The standard InChI is InChI=1S/C18H18N2O/c1-12-4-5-19-16(8-12)10-20-17(11-21)9-15-7-13(2)6-14(3)18(15)20/h4-9,11H,10H2,1-3H3. The van der Waals surface area contributed by atoms with Crippen molar-refractivity contribution < 1.29 is 4.79 Å². The zero-order valence-corrected chi connectivity index (χ0v) is 12.6. The van der Waals surface area contributed by atoms with Crippen molar-refractivity contribution in [2.24, 2.45) is 0 Å². The number of hydrogen-bond donors (Lipinski definition) is 0. The van der Waals surface area contributed by atoms with Gasteiger partial charge in [-0.2, -0.15) is 0 Å². The van der Waals surface area contributed by atoms with Gasteiger partial charge < -0.3 is 4.57 Å². The van der Waals surface area contributed by atoms with Crippen molar-refractivity contribution in [2.75, 3.05) is 0 Å². The molecule has 3 nitrogen and oxygen atoms in total. The number of pyridine rings is 1. The van der Waals surface area contributed by atoms with Gasteiger partial charge in [-0.25, -0.2) is 0 Å². The Balaban J connectivity index is 2.18. The van der Waals surface area contributed by atoms with E-state index < -0.39 is 0 Å². The summed E-state index contributed by atoms with van der Waals surface area (Å²) in [4.78, 5) is 15.8. The number of aromatic nitrogens is 2. The maximum absolute atomic E-state index is 11.4. The lowest BCUT2D eigenvalue weighted by Gasteiger charge is -2.10. The molecule has 21 heavy (non-hydrogen) atoms. The third kappa shape index (κ3) is 2.47. The van der Waals surface area contributed by atoms with E-state index >= 15 is 0 Å². The van der Waals surface area contributed by atoms with Gasteiger partial charge in [0.1, 0.15) is 0 Å². The molecule has 0 atom stereocenters. The van der Waals surface area contributed by atoms with Crippen LogP contribution in [-0.4, -0.2) is 15.8 Å². The molecule has 0 bridgehead atoms. The fourth-order valence-corrected chi connectivity index (χ4v) is 2.95. The topological polar surface area (TPSA) is 34.9 Å². The van der Waals surface area contributed by atoms with Crippen LogP contribution in [0.25, 0.3) is 10.9 Å². The highest BCUT2D eigenvalue weighted by Crippen LogP contribution is 2.25. The number of hydrogen-bond acceptors (Lipinski definition) is 2. The average molecular weight is 278 g/mol. The van der Waals surface area contributed by atoms with Crippen LogP contribution >= 0.6 is 0 Å². The number of aryl methyl sites for hydroxylation is 3. The Morgan fingerprint density at radius 3 is 2.62 bits per heavy atom. The second kappa shape index (κ2) is 5.17. The Kier molecular flexibility index (Phi) is 3.34. The van der Waals surface area contributed by atoms with E-state index in [0.717, 1.165) is 22.9 Å². The first-order valence-electron chi connectivity index (χ1n) is 7.05. The molecule has 0 fully saturated rings. The Labute approximate surface area is 124 Å². The lowest BCUT2D eigenvalue weighted by molar-refractivity contribution is 0.111. The molecule has 0 radical (unpaired) electrons. The number of benzene rings is 1. The minimum absolute atomic E-state index is 0.614. The van der Waals surface area contributed by atoms with Gasteiger partial charge in [0, 0.05) is 11.6 Å². The molecule has 106 valence electrons. The lowest BCUT2D eigenvalue weighted by Crippen LogP contribution is -2.06. The van der Waals surface area contributed by atoms with E-state index in [2.05, 4.69) is 41.6 Å². The molecule has 2 aromatic heterocycles. The Bertz CT molecular complexity index is 831. The van der Waals surface area contributed by atoms with Crippen molar-refractivity contribution >= 4 is 17.2 Å². The van der Waals surface area contributed by atoms with Crippen molar-refractivity contribution in [1.82, 2.24) is 9.55 Å². The molecular formula is C18H18N2O. The first kappa shape index (κ1) is 13.6. The van der Waals surface area contributed by atoms with E-state index in [1.165, 1.54) is 16.7 Å². The Morgan fingerprint density at radius 2 is 1.90 bits per heavy atom. The molecule has 3 aromatic rings. The molecule has 1 aromatic carbocycles. The summed E-state index contributed by atoms with van der Waals surface area (Å²) in [5.41, 5.74) is 6.36. The Hall–Kier alpha value is -2.42. The van der Waals surface area contributed by atoms with Crippen LogP contribution in [0.3, 0.4) is 0 Å². The second-order valence-corrected chi connectivity index (χ2v) is 5.62. The van der Waals surface area contributed by atoms with Crippen LogP contribution in [0.15, 0.2) is 36.5 Å². The minimum atomic E-state index is 0.614. The number of carbonyl (C=O) groups excluding carboxylic acids is 1. The Morgan fingerprint density at radius 1 is 1.10 bits per heavy atom. The van der Waals surface area contributed by atoms with Gasteiger partial charge in [-0.15, -0.1) is 0 Å². The van der Waals surface area contributed by atoms with E-state index in [-0.39, 0.29) is 0 Å². The predicted octanol–water partition coefficient (Wildman–Crippen LogP) is 3.82. The fraction of sp³-hybridized carbons (Fsp3) is 0.222. The summed E-state index contributed by atoms with van der Waals surface area (Å²) in [5, 5.41) is 1.11. The molecule has 0 unspecified atom stereocenters. The molecule has 0 saturated heterocycles. The van der Waals surface area contributed by atoms with E-state index in [9.17, 15) is 4.79 Å². The van der Waals surface area contributed by atoms with Gasteiger partial charge in [0.05, 0.1) is 23.4 Å². The maximum Gasteiger partial charge on any atom is 0.166 e. The van der Waals surface area contributed by atoms with Crippen molar-refractivity contribution in [3.8, 4) is 0 Å². The van der Waals surface area contributed by atoms with Crippen LogP contribution in [0.2, 0.25) is 0 Å². The van der Waals surface area contributed by atoms with Gasteiger partial charge >= 0.3 is 0 Å². The van der Waals surface area contributed by atoms with Crippen LogP contribution in [0.1, 0.15) is 32.9 Å². The van der Waals surface area contributed by atoms with Gasteiger partial charge in [0.15, 0.2) is 6.29 Å². The van der Waals surface area contributed by atoms with Crippen LogP contribution in [0.5, 0.6) is 0 Å². The van der Waals surface area contributed by atoms with E-state index in [1.54, 1.807) is 0 Å². The molecule has 3 rings (SSSR count). The minimum Gasteiger partial charge on any atom is -0.332 e. The van der Waals surface area contributed by atoms with Crippen LogP contribution in [0, 0.1) is 20.8 Å². The normalized spacial score (nSPS) is 11.0. The number of rotatable bonds is 3. The summed E-state index contributed by atoms with van der Waals surface area (Å²) in [6, 6.07) is 10.3. The van der Waals surface area contributed by atoms with Crippen molar-refractivity contribution in [3.63, 3.8) is 0 Å². The highest BCUT2D eigenvalue weighted by molar-refractivity contribution is 5.91. The maximum atomic E-state index is 11.4. The van der Waals surface area contributed by atoms with Gasteiger partial charge in [0.25, 0.3) is 0 Å². The van der Waals surface area contributed by atoms with E-state index in [4.69, 9.17) is 0 Å². The highest BCUT2D eigenvalue weighted by atomic mass is 16.1. The third-order valence-electron chi connectivity index (χ3n) is 3.77. The molecule has 0 saturated carbocycles. The first-order chi connectivity index (χ1) is 10.1. The lowest BCUT2D eigenvalue weighted by atomic mass is 10.1. The summed E-state index contributed by atoms with van der Waals surface area (Å²) in [7, 11) is 0. The molecule has 0 aliphatic heterocycles. The van der Waals surface area contributed by atoms with Crippen molar-refractivity contribution in [2.45, 2.75) is 27.3 Å². The predicted molar refractivity (Wildman–Crippen MR) is 84.9 cm³/mol. The summed E-state index contributed by atoms with van der Waals surface area (Å²) >= 11 is 0. The van der Waals surface area contributed by atoms with Gasteiger partial charge in [0.2, 0.25) is 0 Å². The quantitative estimate of drug-likeness (QED) is 0.683. The monoisotopic (exact) mass is 278 g/mol. The zero-order chi connectivity index (χ0) is 15.0. The zero-order valence-electron chi connectivity index (χ0n) is 12.6. The summed E-state index contributed by atoms with van der Waals surface area (Å²) in [6.07, 6.45) is 2.73. The van der Waals surface area contributed by atoms with Crippen LogP contribution < -0.4 is 0 Å². The highest BCUT2D eigenvalue weighted by Gasteiger charge is 2.12. The van der Waals surface area contributed by atoms with Crippen LogP contribution in [0.4, 0.5) is 0 Å². The number of nitrogens with zero attached hydrogens (tertiary/aromatic N) is 2. The summed E-state index contributed by atoms with van der Waals surface area (Å²) in [5.74, 6) is 0. The van der Waals surface area contributed by atoms with Gasteiger partial charge in [-0.05, 0) is 56.2 Å². The van der Waals surface area contributed by atoms with E-state index in [0.29, 0.717) is 12.2 Å². The fourth-order valence-electron chi connectivity index (χ4n) is 2.95. The average Bonchev–Trinajstić information content (AvgIpc) is 2.76. The molecule has 0 aliphatic rings. The summed E-state index contributed by atoms with van der Waals surface area (Å²) in [6.45, 7) is 6.83. The first-order valence-corrected chi connectivity index (χ1v) is 7.05. The molecule has 0 aliphatic carbocycles. The van der Waals surface area contributed by atoms with Gasteiger partial charge in [-0.3, -0.25) is 9.78 Å². The summed E-state index contributed by atoms with van der Waals surface area (Å²) < 4.78 is 2.05. The number of carbonyl (C=O) groups is 1. The third-order valence-corrected chi connectivity index (χ3v) is 3.77. The molecule has 0 N–H and O–H groups in total. The molecule has 3 heteroatoms. The van der Waals surface area contributed by atoms with Gasteiger partial charge in [-0.1, -0.05) is 11.6 Å². The number of fused-ring (bicyclic) bond motifs is 1. The molecule has 0 spiro atoms. The van der Waals surface area contributed by atoms with Crippen molar-refractivity contribution in [1.29, 1.82) is 0 Å². The SMILES string of the molecule is Cc1ccnc(Cn2c(C=O)cc3cc(C)cc(C)c32)c1. The van der Waals surface area contributed by atoms with Crippen LogP contribution in [-0.2, 0) is 6.54 Å². The molecular weight excluding hydrogens is 260 g/mol. The molecule has 2 heterocycles. The largest absolute Gasteiger partial charge is 0.332 e. The van der Waals surface area contributed by atoms with E-state index in [1.807, 2.05) is 25.3 Å². The second-order valence-electron chi connectivity index (χ2n) is 5.62. The number of aldehydes is 1. The molecule has 0 amide bonds. The smallest absolute Gasteiger partial charge is 0.166 e.